The van der Waals surface area contributed by atoms with E-state index in [2.05, 4.69) is 59.1 Å². The van der Waals surface area contributed by atoms with E-state index >= 15 is 0 Å². The van der Waals surface area contributed by atoms with Gasteiger partial charge in [0.05, 0.1) is 50.8 Å². The smallest absolute Gasteiger partial charge is 0.266 e. The summed E-state index contributed by atoms with van der Waals surface area (Å²) in [6.45, 7) is 14.0. The van der Waals surface area contributed by atoms with Crippen LogP contribution in [0.3, 0.4) is 0 Å². The van der Waals surface area contributed by atoms with Crippen LogP contribution in [0.5, 0.6) is 5.75 Å². The highest BCUT2D eigenvalue weighted by molar-refractivity contribution is 7.93. The Morgan fingerprint density at radius 1 is 0.703 bits per heavy atom. The Hall–Kier alpha value is -6.29. The lowest BCUT2D eigenvalue weighted by atomic mass is 9.80. The Morgan fingerprint density at radius 3 is 2.14 bits per heavy atom. The number of pyridine rings is 2. The van der Waals surface area contributed by atoms with Gasteiger partial charge in [-0.25, -0.2) is 26.2 Å². The lowest BCUT2D eigenvalue weighted by Crippen LogP contribution is -2.19. The summed E-state index contributed by atoms with van der Waals surface area (Å²) in [4.78, 5) is 9.05. The molecule has 4 aromatic heterocycles. The molecule has 0 amide bonds. The highest BCUT2D eigenvalue weighted by Crippen LogP contribution is 2.36. The molecule has 64 heavy (non-hydrogen) atoms. The van der Waals surface area contributed by atoms with Crippen LogP contribution in [0.15, 0.2) is 125 Å². The molecule has 4 heterocycles. The van der Waals surface area contributed by atoms with Gasteiger partial charge in [0.2, 0.25) is 0 Å². The Kier molecular flexibility index (Phi) is 11.6. The Bertz CT molecular complexity index is 3300. The normalized spacial score (nSPS) is 12.5. The maximum absolute atomic E-state index is 14.2. The first-order valence-corrected chi connectivity index (χ1v) is 24.0. The number of anilines is 2. The molecule has 8 aromatic rings. The molecule has 0 unspecified atom stereocenters. The van der Waals surface area contributed by atoms with Crippen LogP contribution < -0.4 is 14.2 Å². The molecule has 0 aliphatic carbocycles. The second kappa shape index (κ2) is 16.7. The number of halogens is 1. The number of aryl methyl sites for hydroxylation is 3. The molecule has 0 radical (unpaired) electrons. The third-order valence-corrected chi connectivity index (χ3v) is 14.5. The minimum Gasteiger partial charge on any atom is -0.495 e. The molecule has 0 atom stereocenters. The van der Waals surface area contributed by atoms with Crippen molar-refractivity contribution in [2.45, 2.75) is 81.9 Å². The molecule has 8 rings (SSSR count). The van der Waals surface area contributed by atoms with E-state index in [0.717, 1.165) is 33.0 Å². The molecule has 0 saturated heterocycles. The van der Waals surface area contributed by atoms with E-state index in [1.54, 1.807) is 83.3 Å². The molecule has 0 aliphatic heterocycles. The standard InChI is InChI=1S/C48H49ClN8O5S2/c1-30-23-26-51-46-37(49)19-20-40(45(30)46)57-43(27-31(2)52-57)54-63(58,59)35-17-14-32(15-18-35)48(6,7)24-22-34-29-44(56(53-34)39-13-9-12-38-36(39)11-10-25-50-38)55-64(60,61)42-21-16-33(47(3,4)5)28-41(42)62-8/h9-21,23,25-29,54-55H,22,24H2,1-8H3. The third kappa shape index (κ3) is 8.67. The van der Waals surface area contributed by atoms with Crippen molar-refractivity contribution in [3.63, 3.8) is 0 Å². The van der Waals surface area contributed by atoms with Crippen LogP contribution in [0.1, 0.15) is 69.1 Å². The average Bonchev–Trinajstić information content (AvgIpc) is 3.83. The molecule has 16 heteroatoms. The van der Waals surface area contributed by atoms with Crippen molar-refractivity contribution < 1.29 is 21.6 Å². The largest absolute Gasteiger partial charge is 0.495 e. The number of ether oxygens (including phenoxy) is 1. The van der Waals surface area contributed by atoms with E-state index in [1.165, 1.54) is 7.11 Å². The van der Waals surface area contributed by atoms with Gasteiger partial charge in [-0.3, -0.25) is 19.4 Å². The summed E-state index contributed by atoms with van der Waals surface area (Å²) in [6, 6.07) is 30.1. The van der Waals surface area contributed by atoms with Crippen LogP contribution in [0.4, 0.5) is 11.6 Å². The minimum absolute atomic E-state index is 0.00207. The number of nitrogens with zero attached hydrogens (tertiary/aromatic N) is 6. The summed E-state index contributed by atoms with van der Waals surface area (Å²) < 4.78 is 70.4. The molecule has 4 aromatic carbocycles. The fourth-order valence-electron chi connectivity index (χ4n) is 7.81. The average molecular weight is 918 g/mol. The van der Waals surface area contributed by atoms with Crippen molar-refractivity contribution in [3.8, 4) is 17.1 Å². The second-order valence-corrected chi connectivity index (χ2v) is 21.3. The van der Waals surface area contributed by atoms with Gasteiger partial charge < -0.3 is 4.74 Å². The number of methoxy groups -OCH3 is 1. The molecule has 2 N–H and O–H groups in total. The van der Waals surface area contributed by atoms with Gasteiger partial charge in [0.25, 0.3) is 20.0 Å². The van der Waals surface area contributed by atoms with E-state index in [1.807, 2.05) is 55.5 Å². The predicted octanol–water partition coefficient (Wildman–Crippen LogP) is 10.2. The maximum atomic E-state index is 14.2. The highest BCUT2D eigenvalue weighted by Gasteiger charge is 2.28. The van der Waals surface area contributed by atoms with E-state index in [0.29, 0.717) is 46.1 Å². The molecule has 0 bridgehead atoms. The number of aromatic nitrogens is 6. The van der Waals surface area contributed by atoms with Gasteiger partial charge in [0, 0.05) is 35.3 Å². The number of rotatable bonds is 13. The maximum Gasteiger partial charge on any atom is 0.266 e. The van der Waals surface area contributed by atoms with Gasteiger partial charge >= 0.3 is 0 Å². The van der Waals surface area contributed by atoms with Crippen LogP contribution in [-0.4, -0.2) is 53.5 Å². The number of fused-ring (bicyclic) bond motifs is 2. The Labute approximate surface area is 378 Å². The molecule has 0 fully saturated rings. The van der Waals surface area contributed by atoms with Crippen LogP contribution in [0.25, 0.3) is 33.2 Å². The number of hydrogen-bond acceptors (Lipinski definition) is 9. The van der Waals surface area contributed by atoms with E-state index in [4.69, 9.17) is 21.4 Å². The van der Waals surface area contributed by atoms with Gasteiger partial charge in [-0.15, -0.1) is 0 Å². The minimum atomic E-state index is -4.16. The molecule has 330 valence electrons. The number of nitrogens with one attached hydrogen (secondary N) is 2. The quantitative estimate of drug-likeness (QED) is 0.115. The molecule has 13 nitrogen and oxygen atoms in total. The predicted molar refractivity (Wildman–Crippen MR) is 253 cm³/mol. The van der Waals surface area contributed by atoms with Gasteiger partial charge in [-0.2, -0.15) is 10.2 Å². The van der Waals surface area contributed by atoms with Crippen molar-refractivity contribution in [1.82, 2.24) is 29.5 Å². The summed E-state index contributed by atoms with van der Waals surface area (Å²) in [5.74, 6) is 0.756. The van der Waals surface area contributed by atoms with Crippen molar-refractivity contribution >= 4 is 65.1 Å². The summed E-state index contributed by atoms with van der Waals surface area (Å²) >= 11 is 6.49. The number of sulfonamides is 2. The molecule has 0 spiro atoms. The van der Waals surface area contributed by atoms with Gasteiger partial charge in [0.1, 0.15) is 22.3 Å². The van der Waals surface area contributed by atoms with Gasteiger partial charge in [-0.05, 0) is 121 Å². The second-order valence-electron chi connectivity index (χ2n) is 17.5. The summed E-state index contributed by atoms with van der Waals surface area (Å²) in [5.41, 5.74) is 5.99. The van der Waals surface area contributed by atoms with Gasteiger partial charge in [0.15, 0.2) is 0 Å². The van der Waals surface area contributed by atoms with Crippen molar-refractivity contribution in [1.29, 1.82) is 0 Å². The Morgan fingerprint density at radius 2 is 1.41 bits per heavy atom. The SMILES string of the molecule is COc1cc(C(C)(C)C)ccc1S(=O)(=O)Nc1cc(CCC(C)(C)c2ccc(S(=O)(=O)Nc3cc(C)nn3-c3ccc(Cl)c4nccc(C)c34)cc2)nn1-c1cccc2ncccc12. The fraction of sp³-hybridized carbons (Fsp3) is 0.250. The first-order chi connectivity index (χ1) is 30.3. The molecule has 0 saturated carbocycles. The number of hydrogen-bond donors (Lipinski definition) is 2. The van der Waals surface area contributed by atoms with E-state index in [9.17, 15) is 16.8 Å². The van der Waals surface area contributed by atoms with Crippen molar-refractivity contribution in [2.75, 3.05) is 16.6 Å². The third-order valence-electron chi connectivity index (χ3n) is 11.4. The fourth-order valence-corrected chi connectivity index (χ4v) is 10.2. The summed E-state index contributed by atoms with van der Waals surface area (Å²) in [6.07, 6.45) is 4.46. The first-order valence-electron chi connectivity index (χ1n) is 20.6. The summed E-state index contributed by atoms with van der Waals surface area (Å²) in [5, 5.41) is 11.6. The van der Waals surface area contributed by atoms with Gasteiger partial charge in [-0.1, -0.05) is 70.5 Å². The van der Waals surface area contributed by atoms with Crippen LogP contribution in [0, 0.1) is 13.8 Å². The topological polar surface area (TPSA) is 163 Å². The van der Waals surface area contributed by atoms with Crippen LogP contribution >= 0.6 is 11.6 Å². The lowest BCUT2D eigenvalue weighted by Gasteiger charge is -2.25. The highest BCUT2D eigenvalue weighted by atomic mass is 35.5. The molecular formula is C48H49ClN8O5S2. The van der Waals surface area contributed by atoms with E-state index in [-0.39, 0.29) is 32.6 Å². The zero-order chi connectivity index (χ0) is 45.8. The zero-order valence-electron chi connectivity index (χ0n) is 36.8. The van der Waals surface area contributed by atoms with E-state index < -0.39 is 25.5 Å². The molecule has 0 aliphatic rings. The first kappa shape index (κ1) is 44.3. The Balaban J connectivity index is 1.05. The summed E-state index contributed by atoms with van der Waals surface area (Å²) in [7, 11) is -6.75. The lowest BCUT2D eigenvalue weighted by molar-refractivity contribution is 0.400. The number of benzene rings is 4. The van der Waals surface area contributed by atoms with Crippen molar-refractivity contribution in [2.24, 2.45) is 0 Å². The van der Waals surface area contributed by atoms with Crippen LogP contribution in [0.2, 0.25) is 5.02 Å². The van der Waals surface area contributed by atoms with Crippen LogP contribution in [-0.2, 0) is 37.3 Å². The molecular weight excluding hydrogens is 868 g/mol. The van der Waals surface area contributed by atoms with Crippen molar-refractivity contribution in [3.05, 3.63) is 149 Å². The monoisotopic (exact) mass is 916 g/mol. The zero-order valence-corrected chi connectivity index (χ0v) is 39.2.